The fourth-order valence-electron chi connectivity index (χ4n) is 2.51. The average Bonchev–Trinajstić information content (AvgIpc) is 3.40. The van der Waals surface area contributed by atoms with Crippen molar-refractivity contribution < 1.29 is 9.47 Å². The summed E-state index contributed by atoms with van der Waals surface area (Å²) in [7, 11) is 0. The number of nitrogens with one attached hydrogen (secondary N) is 2. The van der Waals surface area contributed by atoms with Crippen molar-refractivity contribution in [2.24, 2.45) is 5.92 Å². The Hall–Kier alpha value is -3.09. The molecule has 2 heterocycles. The Labute approximate surface area is 151 Å². The number of nitrogens with zero attached hydrogens (tertiary/aromatic N) is 3. The molecule has 0 spiro atoms. The molecule has 3 aromatic rings. The van der Waals surface area contributed by atoms with Crippen molar-refractivity contribution in [2.45, 2.75) is 25.9 Å². The first kappa shape index (κ1) is 16.4. The largest absolute Gasteiger partial charge is 0.476 e. The molecule has 2 aromatic heterocycles. The minimum Gasteiger partial charge on any atom is -0.476 e. The van der Waals surface area contributed by atoms with Crippen LogP contribution in [-0.2, 0) is 0 Å². The number of H-pyrrole nitrogens is 1. The normalized spacial score (nSPS) is 14.7. The molecular weight excluding hydrogens is 330 g/mol. The third-order valence-electron chi connectivity index (χ3n) is 4.16. The molecule has 7 heteroatoms. The van der Waals surface area contributed by atoms with E-state index in [4.69, 9.17) is 9.47 Å². The standard InChI is InChI=1S/C19H21N5O2/c1-13(15-5-3-2-4-6-15)26-19-11-20-10-17(22-19)21-16-9-18(24-23-16)25-12-14-7-8-14/h2-6,9-11,13-14H,7-8,12H2,1H3,(H2,21,22,23,24)/t13-/m0/s1. The van der Waals surface area contributed by atoms with E-state index in [-0.39, 0.29) is 6.10 Å². The average molecular weight is 351 g/mol. The van der Waals surface area contributed by atoms with Crippen LogP contribution >= 0.6 is 0 Å². The first-order chi connectivity index (χ1) is 12.8. The molecule has 0 radical (unpaired) electrons. The van der Waals surface area contributed by atoms with Gasteiger partial charge in [-0.05, 0) is 31.2 Å². The van der Waals surface area contributed by atoms with E-state index in [0.29, 0.717) is 29.3 Å². The fraction of sp³-hybridized carbons (Fsp3) is 0.316. The summed E-state index contributed by atoms with van der Waals surface area (Å²) in [5.41, 5.74) is 1.08. The molecule has 4 rings (SSSR count). The predicted molar refractivity (Wildman–Crippen MR) is 97.6 cm³/mol. The number of hydrogen-bond donors (Lipinski definition) is 2. The monoisotopic (exact) mass is 351 g/mol. The van der Waals surface area contributed by atoms with Gasteiger partial charge in [0.2, 0.25) is 11.8 Å². The Balaban J connectivity index is 1.37. The maximum Gasteiger partial charge on any atom is 0.234 e. The summed E-state index contributed by atoms with van der Waals surface area (Å²) in [5.74, 6) is 2.99. The highest BCUT2D eigenvalue weighted by molar-refractivity contribution is 5.52. The third kappa shape index (κ3) is 4.30. The molecule has 1 fully saturated rings. The highest BCUT2D eigenvalue weighted by Crippen LogP contribution is 2.29. The minimum atomic E-state index is -0.115. The molecule has 2 N–H and O–H groups in total. The number of rotatable bonds is 8. The number of aromatic nitrogens is 4. The van der Waals surface area contributed by atoms with Crippen molar-refractivity contribution in [3.63, 3.8) is 0 Å². The Kier molecular flexibility index (Phi) is 4.68. The van der Waals surface area contributed by atoms with Crippen molar-refractivity contribution in [1.82, 2.24) is 20.2 Å². The smallest absolute Gasteiger partial charge is 0.234 e. The van der Waals surface area contributed by atoms with Crippen LogP contribution in [0, 0.1) is 5.92 Å². The van der Waals surface area contributed by atoms with Gasteiger partial charge >= 0.3 is 0 Å². The van der Waals surface area contributed by atoms with E-state index in [1.54, 1.807) is 12.4 Å². The molecule has 0 bridgehead atoms. The summed E-state index contributed by atoms with van der Waals surface area (Å²) in [4.78, 5) is 8.63. The SMILES string of the molecule is C[C@H](Oc1cncc(Nc2cc(OCC3CC3)n[nH]2)n1)c1ccccc1. The topological polar surface area (TPSA) is 85.0 Å². The van der Waals surface area contributed by atoms with Crippen molar-refractivity contribution in [1.29, 1.82) is 0 Å². The van der Waals surface area contributed by atoms with Crippen LogP contribution < -0.4 is 14.8 Å². The number of aromatic amines is 1. The summed E-state index contributed by atoms with van der Waals surface area (Å²) >= 11 is 0. The Morgan fingerprint density at radius 1 is 1.19 bits per heavy atom. The van der Waals surface area contributed by atoms with E-state index in [1.807, 2.05) is 43.3 Å². The Morgan fingerprint density at radius 2 is 2.04 bits per heavy atom. The van der Waals surface area contributed by atoms with Crippen LogP contribution in [-0.4, -0.2) is 26.8 Å². The molecule has 0 saturated heterocycles. The zero-order valence-corrected chi connectivity index (χ0v) is 14.6. The zero-order chi connectivity index (χ0) is 17.8. The van der Waals surface area contributed by atoms with Gasteiger partial charge in [-0.15, -0.1) is 5.10 Å². The summed E-state index contributed by atoms with van der Waals surface area (Å²) in [5, 5.41) is 10.2. The van der Waals surface area contributed by atoms with Gasteiger partial charge in [-0.3, -0.25) is 10.1 Å². The summed E-state index contributed by atoms with van der Waals surface area (Å²) in [6, 6.07) is 11.8. The van der Waals surface area contributed by atoms with Gasteiger partial charge < -0.3 is 14.8 Å². The number of ether oxygens (including phenoxy) is 2. The molecule has 0 aliphatic heterocycles. The van der Waals surface area contributed by atoms with Crippen LogP contribution in [0.15, 0.2) is 48.8 Å². The second kappa shape index (κ2) is 7.43. The molecule has 134 valence electrons. The zero-order valence-electron chi connectivity index (χ0n) is 14.6. The van der Waals surface area contributed by atoms with Crippen molar-refractivity contribution in [2.75, 3.05) is 11.9 Å². The quantitative estimate of drug-likeness (QED) is 0.641. The van der Waals surface area contributed by atoms with Crippen LogP contribution in [0.1, 0.15) is 31.4 Å². The van der Waals surface area contributed by atoms with E-state index in [9.17, 15) is 0 Å². The molecular formula is C19H21N5O2. The molecule has 1 atom stereocenters. The Bertz CT molecular complexity index is 848. The van der Waals surface area contributed by atoms with Crippen LogP contribution in [0.3, 0.4) is 0 Å². The lowest BCUT2D eigenvalue weighted by Gasteiger charge is -2.14. The van der Waals surface area contributed by atoms with Gasteiger partial charge in [0, 0.05) is 6.07 Å². The third-order valence-corrected chi connectivity index (χ3v) is 4.16. The minimum absolute atomic E-state index is 0.115. The van der Waals surface area contributed by atoms with Gasteiger partial charge in [0.15, 0.2) is 5.82 Å². The first-order valence-corrected chi connectivity index (χ1v) is 8.75. The summed E-state index contributed by atoms with van der Waals surface area (Å²) in [6.45, 7) is 2.71. The second-order valence-corrected chi connectivity index (χ2v) is 6.41. The van der Waals surface area contributed by atoms with Gasteiger partial charge in [-0.2, -0.15) is 4.98 Å². The first-order valence-electron chi connectivity index (χ1n) is 8.75. The lowest BCUT2D eigenvalue weighted by molar-refractivity contribution is 0.217. The number of anilines is 2. The Morgan fingerprint density at radius 3 is 2.85 bits per heavy atom. The number of benzene rings is 1. The van der Waals surface area contributed by atoms with Crippen LogP contribution in [0.4, 0.5) is 11.6 Å². The van der Waals surface area contributed by atoms with E-state index in [1.165, 1.54) is 12.8 Å². The lowest BCUT2D eigenvalue weighted by Crippen LogP contribution is -2.05. The fourth-order valence-corrected chi connectivity index (χ4v) is 2.51. The maximum atomic E-state index is 5.89. The van der Waals surface area contributed by atoms with E-state index < -0.39 is 0 Å². The summed E-state index contributed by atoms with van der Waals surface area (Å²) < 4.78 is 11.5. The lowest BCUT2D eigenvalue weighted by atomic mass is 10.1. The molecule has 1 aliphatic carbocycles. The van der Waals surface area contributed by atoms with E-state index in [2.05, 4.69) is 25.5 Å². The maximum absolute atomic E-state index is 5.89. The molecule has 1 aromatic carbocycles. The molecule has 7 nitrogen and oxygen atoms in total. The van der Waals surface area contributed by atoms with Crippen LogP contribution in [0.5, 0.6) is 11.8 Å². The second-order valence-electron chi connectivity index (χ2n) is 6.41. The highest BCUT2D eigenvalue weighted by atomic mass is 16.5. The van der Waals surface area contributed by atoms with Gasteiger partial charge in [0.25, 0.3) is 0 Å². The number of hydrogen-bond acceptors (Lipinski definition) is 6. The van der Waals surface area contributed by atoms with Crippen molar-refractivity contribution in [3.8, 4) is 11.8 Å². The summed E-state index contributed by atoms with van der Waals surface area (Å²) in [6.07, 6.45) is 5.61. The van der Waals surface area contributed by atoms with Gasteiger partial charge in [-0.1, -0.05) is 30.3 Å². The van der Waals surface area contributed by atoms with Gasteiger partial charge in [0.1, 0.15) is 11.9 Å². The van der Waals surface area contributed by atoms with E-state index >= 15 is 0 Å². The van der Waals surface area contributed by atoms with Gasteiger partial charge in [0.05, 0.1) is 19.0 Å². The van der Waals surface area contributed by atoms with Crippen molar-refractivity contribution in [3.05, 3.63) is 54.4 Å². The molecule has 1 aliphatic rings. The molecule has 26 heavy (non-hydrogen) atoms. The van der Waals surface area contributed by atoms with Gasteiger partial charge in [-0.25, -0.2) is 0 Å². The van der Waals surface area contributed by atoms with Crippen LogP contribution in [0.25, 0.3) is 0 Å². The molecule has 0 amide bonds. The predicted octanol–water partition coefficient (Wildman–Crippen LogP) is 3.87. The molecule has 0 unspecified atom stereocenters. The van der Waals surface area contributed by atoms with E-state index in [0.717, 1.165) is 12.2 Å². The van der Waals surface area contributed by atoms with Crippen LogP contribution in [0.2, 0.25) is 0 Å². The molecule has 1 saturated carbocycles. The van der Waals surface area contributed by atoms with Crippen molar-refractivity contribution >= 4 is 11.6 Å². The highest BCUT2D eigenvalue weighted by Gasteiger charge is 2.22.